The summed E-state index contributed by atoms with van der Waals surface area (Å²) in [5, 5.41) is 9.26. The molecule has 106 valence electrons. The lowest BCUT2D eigenvalue weighted by Crippen LogP contribution is -2.42. The molecule has 0 aromatic carbocycles. The lowest BCUT2D eigenvalue weighted by molar-refractivity contribution is -0.136. The van der Waals surface area contributed by atoms with Gasteiger partial charge in [0.2, 0.25) is 11.8 Å². The number of hydrogen-bond acceptors (Lipinski definition) is 3. The molecule has 0 aromatic rings. The van der Waals surface area contributed by atoms with E-state index in [2.05, 4.69) is 0 Å². The van der Waals surface area contributed by atoms with Crippen LogP contribution in [0.1, 0.15) is 32.1 Å². The molecule has 0 bridgehead atoms. The third kappa shape index (κ3) is 2.61. The predicted octanol–water partition coefficient (Wildman–Crippen LogP) is 0.227. The Morgan fingerprint density at radius 3 is 2.68 bits per heavy atom. The summed E-state index contributed by atoms with van der Waals surface area (Å²) in [6, 6.07) is 0.414. The van der Waals surface area contributed by atoms with E-state index in [1.165, 1.54) is 0 Å². The second-order valence-corrected chi connectivity index (χ2v) is 6.39. The molecular weight excluding hydrogens is 244 g/mol. The van der Waals surface area contributed by atoms with Crippen LogP contribution < -0.4 is 0 Å². The normalized spacial score (nSPS) is 34.3. The first-order valence-corrected chi connectivity index (χ1v) is 7.27. The van der Waals surface area contributed by atoms with Gasteiger partial charge in [-0.3, -0.25) is 9.59 Å². The highest BCUT2D eigenvalue weighted by Gasteiger charge is 2.42. The summed E-state index contributed by atoms with van der Waals surface area (Å²) in [7, 11) is 1.82. The Morgan fingerprint density at radius 2 is 2.11 bits per heavy atom. The topological polar surface area (TPSA) is 60.9 Å². The van der Waals surface area contributed by atoms with Crippen molar-refractivity contribution in [1.29, 1.82) is 0 Å². The van der Waals surface area contributed by atoms with Crippen molar-refractivity contribution in [3.8, 4) is 0 Å². The molecule has 1 saturated heterocycles. The van der Waals surface area contributed by atoms with Crippen molar-refractivity contribution in [3.05, 3.63) is 0 Å². The van der Waals surface area contributed by atoms with E-state index in [0.717, 1.165) is 25.7 Å². The number of rotatable bonds is 4. The molecule has 5 nitrogen and oxygen atoms in total. The molecular formula is C14H22N2O3. The monoisotopic (exact) mass is 266 g/mol. The number of carbonyl (C=O) groups excluding carboxylic acids is 2. The maximum atomic E-state index is 12.3. The van der Waals surface area contributed by atoms with Crippen LogP contribution in [0, 0.1) is 11.8 Å². The van der Waals surface area contributed by atoms with Gasteiger partial charge in [0.15, 0.2) is 0 Å². The number of aliphatic hydroxyl groups excluding tert-OH is 1. The number of carbonyl (C=O) groups is 2. The Kier molecular flexibility index (Phi) is 3.25. The molecule has 1 N–H and O–H groups in total. The number of likely N-dealkylation sites (tertiary alicyclic amines) is 1. The smallest absolute Gasteiger partial charge is 0.227 e. The van der Waals surface area contributed by atoms with Crippen LogP contribution in [0.5, 0.6) is 0 Å². The van der Waals surface area contributed by atoms with Crippen molar-refractivity contribution in [3.63, 3.8) is 0 Å². The molecule has 2 saturated carbocycles. The summed E-state index contributed by atoms with van der Waals surface area (Å²) in [6.45, 7) is 1.32. The summed E-state index contributed by atoms with van der Waals surface area (Å²) in [6.07, 6.45) is 4.01. The summed E-state index contributed by atoms with van der Waals surface area (Å²) < 4.78 is 0. The molecule has 0 radical (unpaired) electrons. The van der Waals surface area contributed by atoms with Gasteiger partial charge in [0.1, 0.15) is 0 Å². The van der Waals surface area contributed by atoms with Gasteiger partial charge in [-0.15, -0.1) is 0 Å². The Labute approximate surface area is 113 Å². The van der Waals surface area contributed by atoms with Gasteiger partial charge in [0.25, 0.3) is 0 Å². The predicted molar refractivity (Wildman–Crippen MR) is 69.2 cm³/mol. The molecule has 0 spiro atoms. The number of nitrogens with zero attached hydrogens (tertiary/aromatic N) is 2. The van der Waals surface area contributed by atoms with E-state index in [9.17, 15) is 14.7 Å². The molecule has 19 heavy (non-hydrogen) atoms. The van der Waals surface area contributed by atoms with E-state index < -0.39 is 0 Å². The van der Waals surface area contributed by atoms with Crippen LogP contribution in [0.4, 0.5) is 0 Å². The van der Waals surface area contributed by atoms with Gasteiger partial charge in [0.05, 0.1) is 12.0 Å². The summed E-state index contributed by atoms with van der Waals surface area (Å²) in [5.74, 6) is 0.523. The molecule has 3 aliphatic rings. The van der Waals surface area contributed by atoms with E-state index >= 15 is 0 Å². The fourth-order valence-electron chi connectivity index (χ4n) is 3.27. The molecule has 3 fully saturated rings. The summed E-state index contributed by atoms with van der Waals surface area (Å²) in [4.78, 5) is 27.8. The molecule has 3 rings (SSSR count). The van der Waals surface area contributed by atoms with Crippen LogP contribution in [-0.4, -0.2) is 59.0 Å². The minimum absolute atomic E-state index is 0.0953. The first kappa shape index (κ1) is 12.9. The quantitative estimate of drug-likeness (QED) is 0.792. The maximum absolute atomic E-state index is 12.3. The fourth-order valence-corrected chi connectivity index (χ4v) is 3.27. The number of amides is 2. The number of aliphatic hydroxyl groups is 1. The third-order valence-corrected chi connectivity index (χ3v) is 4.61. The lowest BCUT2D eigenvalue weighted by atomic mass is 9.82. The van der Waals surface area contributed by atoms with Crippen LogP contribution in [0.2, 0.25) is 0 Å². The largest absolute Gasteiger partial charge is 0.393 e. The summed E-state index contributed by atoms with van der Waals surface area (Å²) >= 11 is 0. The van der Waals surface area contributed by atoms with Crippen molar-refractivity contribution in [2.75, 3.05) is 20.1 Å². The third-order valence-electron chi connectivity index (χ3n) is 4.61. The van der Waals surface area contributed by atoms with Crippen LogP contribution >= 0.6 is 0 Å². The first-order valence-electron chi connectivity index (χ1n) is 7.27. The molecule has 1 aliphatic heterocycles. The van der Waals surface area contributed by atoms with Gasteiger partial charge in [-0.1, -0.05) is 0 Å². The van der Waals surface area contributed by atoms with Gasteiger partial charge < -0.3 is 14.9 Å². The molecule has 1 atom stereocenters. The zero-order valence-electron chi connectivity index (χ0n) is 11.4. The van der Waals surface area contributed by atoms with E-state index in [1.54, 1.807) is 4.90 Å². The van der Waals surface area contributed by atoms with E-state index in [-0.39, 0.29) is 23.8 Å². The standard InChI is InChI=1S/C14H22N2O3/c1-15(7-9-4-12(17)5-9)14(19)10-6-13(18)16(8-10)11-2-3-11/h9-12,17H,2-8H2,1H3. The van der Waals surface area contributed by atoms with Crippen molar-refractivity contribution in [2.45, 2.75) is 44.2 Å². The average Bonchev–Trinajstić information content (AvgIpc) is 3.10. The Morgan fingerprint density at radius 1 is 1.42 bits per heavy atom. The van der Waals surface area contributed by atoms with E-state index in [4.69, 9.17) is 0 Å². The summed E-state index contributed by atoms with van der Waals surface area (Å²) in [5.41, 5.74) is 0. The van der Waals surface area contributed by atoms with Crippen molar-refractivity contribution in [2.24, 2.45) is 11.8 Å². The minimum atomic E-state index is -0.174. The van der Waals surface area contributed by atoms with Gasteiger partial charge in [-0.25, -0.2) is 0 Å². The second kappa shape index (κ2) is 4.78. The molecule has 1 unspecified atom stereocenters. The number of hydrogen-bond donors (Lipinski definition) is 1. The molecule has 0 aromatic heterocycles. The maximum Gasteiger partial charge on any atom is 0.227 e. The van der Waals surface area contributed by atoms with E-state index in [0.29, 0.717) is 31.5 Å². The van der Waals surface area contributed by atoms with Crippen LogP contribution in [0.15, 0.2) is 0 Å². The molecule has 1 heterocycles. The molecule has 5 heteroatoms. The molecule has 2 amide bonds. The highest BCUT2D eigenvalue weighted by atomic mass is 16.3. The van der Waals surface area contributed by atoms with E-state index in [1.807, 2.05) is 11.9 Å². The van der Waals surface area contributed by atoms with Crippen LogP contribution in [-0.2, 0) is 9.59 Å². The fraction of sp³-hybridized carbons (Fsp3) is 0.857. The van der Waals surface area contributed by atoms with Crippen molar-refractivity contribution < 1.29 is 14.7 Å². The average molecular weight is 266 g/mol. The second-order valence-electron chi connectivity index (χ2n) is 6.39. The van der Waals surface area contributed by atoms with Gasteiger partial charge in [-0.2, -0.15) is 0 Å². The van der Waals surface area contributed by atoms with Crippen molar-refractivity contribution >= 4 is 11.8 Å². The Bertz CT molecular complexity index is 388. The zero-order chi connectivity index (χ0) is 13.6. The van der Waals surface area contributed by atoms with Crippen LogP contribution in [0.25, 0.3) is 0 Å². The Hall–Kier alpha value is -1.10. The molecule has 2 aliphatic carbocycles. The van der Waals surface area contributed by atoms with Gasteiger partial charge in [-0.05, 0) is 31.6 Å². The van der Waals surface area contributed by atoms with Crippen LogP contribution in [0.3, 0.4) is 0 Å². The van der Waals surface area contributed by atoms with Crippen molar-refractivity contribution in [1.82, 2.24) is 9.80 Å². The Balaban J connectivity index is 1.51. The minimum Gasteiger partial charge on any atom is -0.393 e. The first-order chi connectivity index (χ1) is 9.04. The van der Waals surface area contributed by atoms with Gasteiger partial charge >= 0.3 is 0 Å². The highest BCUT2D eigenvalue weighted by molar-refractivity contribution is 5.89. The zero-order valence-corrected chi connectivity index (χ0v) is 11.4. The lowest BCUT2D eigenvalue weighted by Gasteiger charge is -2.35. The van der Waals surface area contributed by atoms with Gasteiger partial charge in [0, 0.05) is 32.6 Å². The SMILES string of the molecule is CN(CC1CC(O)C1)C(=O)C1CC(=O)N(C2CC2)C1. The highest BCUT2D eigenvalue weighted by Crippen LogP contribution is 2.33.